The number of allylic oxidation sites excluding steroid dienone is 1. The molecular weight excluding hydrogens is 140 g/mol. The molecule has 2 aliphatic rings. The molecule has 0 aliphatic heterocycles. The van der Waals surface area contributed by atoms with Crippen LogP contribution in [-0.4, -0.2) is 23.4 Å². The number of aliphatic hydroxyl groups excluding tert-OH is 2. The van der Waals surface area contributed by atoms with Crippen LogP contribution in [0.1, 0.15) is 12.8 Å². The fourth-order valence-corrected chi connectivity index (χ4v) is 2.52. The highest BCUT2D eigenvalue weighted by Gasteiger charge is 2.47. The Balaban J connectivity index is 2.22. The van der Waals surface area contributed by atoms with Crippen LogP contribution in [-0.2, 0) is 0 Å². The Morgan fingerprint density at radius 1 is 1.45 bits per heavy atom. The molecule has 0 aromatic heterocycles. The molecule has 2 aliphatic carbocycles. The van der Waals surface area contributed by atoms with Crippen molar-refractivity contribution in [2.45, 2.75) is 12.8 Å². The molecule has 0 aromatic rings. The highest BCUT2D eigenvalue weighted by Crippen LogP contribution is 2.52. The van der Waals surface area contributed by atoms with E-state index >= 15 is 0 Å². The Labute approximate surface area is 66.5 Å². The van der Waals surface area contributed by atoms with Crippen LogP contribution in [0.3, 0.4) is 0 Å². The lowest BCUT2D eigenvalue weighted by atomic mass is 9.79. The highest BCUT2D eigenvalue weighted by atomic mass is 16.3. The van der Waals surface area contributed by atoms with Gasteiger partial charge in [0.2, 0.25) is 0 Å². The second kappa shape index (κ2) is 2.32. The van der Waals surface area contributed by atoms with Crippen molar-refractivity contribution in [1.82, 2.24) is 0 Å². The summed E-state index contributed by atoms with van der Waals surface area (Å²) in [6, 6.07) is 0. The van der Waals surface area contributed by atoms with Crippen molar-refractivity contribution in [3.63, 3.8) is 0 Å². The van der Waals surface area contributed by atoms with Crippen LogP contribution >= 0.6 is 0 Å². The molecular formula is C9H14O2. The minimum Gasteiger partial charge on any atom is -0.396 e. The van der Waals surface area contributed by atoms with Crippen LogP contribution in [0.5, 0.6) is 0 Å². The Bertz CT molecular complexity index is 188. The summed E-state index contributed by atoms with van der Waals surface area (Å²) in [6.45, 7) is 0.423. The van der Waals surface area contributed by atoms with E-state index in [1.807, 2.05) is 0 Å². The summed E-state index contributed by atoms with van der Waals surface area (Å²) in [7, 11) is 0. The molecule has 0 radical (unpaired) electrons. The third kappa shape index (κ3) is 0.861. The van der Waals surface area contributed by atoms with E-state index in [1.165, 1.54) is 0 Å². The monoisotopic (exact) mass is 154 g/mol. The van der Waals surface area contributed by atoms with Crippen molar-refractivity contribution in [2.75, 3.05) is 13.2 Å². The van der Waals surface area contributed by atoms with Crippen LogP contribution in [0.25, 0.3) is 0 Å². The van der Waals surface area contributed by atoms with Gasteiger partial charge in [-0.05, 0) is 24.7 Å². The first-order chi connectivity index (χ1) is 5.30. The summed E-state index contributed by atoms with van der Waals surface area (Å²) >= 11 is 0. The largest absolute Gasteiger partial charge is 0.396 e. The van der Waals surface area contributed by atoms with E-state index in [2.05, 4.69) is 12.2 Å². The van der Waals surface area contributed by atoms with Crippen molar-refractivity contribution in [3.8, 4) is 0 Å². The van der Waals surface area contributed by atoms with Gasteiger partial charge in [-0.2, -0.15) is 0 Å². The SMILES string of the molecule is OCC1CC2C=CC1(CO)C2. The highest BCUT2D eigenvalue weighted by molar-refractivity contribution is 5.18. The first-order valence-corrected chi connectivity index (χ1v) is 4.22. The van der Waals surface area contributed by atoms with Gasteiger partial charge in [-0.25, -0.2) is 0 Å². The average molecular weight is 154 g/mol. The molecule has 1 fully saturated rings. The third-order valence-electron chi connectivity index (χ3n) is 3.26. The van der Waals surface area contributed by atoms with Crippen LogP contribution in [0.4, 0.5) is 0 Å². The van der Waals surface area contributed by atoms with Gasteiger partial charge >= 0.3 is 0 Å². The van der Waals surface area contributed by atoms with Gasteiger partial charge in [0, 0.05) is 12.0 Å². The van der Waals surface area contributed by atoms with Crippen LogP contribution in [0, 0.1) is 17.3 Å². The predicted octanol–water partition coefficient (Wildman–Crippen LogP) is 0.553. The molecule has 0 amide bonds. The lowest BCUT2D eigenvalue weighted by molar-refractivity contribution is 0.0892. The number of fused-ring (bicyclic) bond motifs is 2. The molecule has 2 N–H and O–H groups in total. The van der Waals surface area contributed by atoms with E-state index in [1.54, 1.807) is 0 Å². The van der Waals surface area contributed by atoms with E-state index < -0.39 is 0 Å². The maximum atomic E-state index is 9.18. The molecule has 2 rings (SSSR count). The summed E-state index contributed by atoms with van der Waals surface area (Å²) < 4.78 is 0. The van der Waals surface area contributed by atoms with E-state index in [0.717, 1.165) is 12.8 Å². The maximum absolute atomic E-state index is 9.18. The molecule has 2 nitrogen and oxygen atoms in total. The van der Waals surface area contributed by atoms with E-state index in [0.29, 0.717) is 11.8 Å². The van der Waals surface area contributed by atoms with Crippen molar-refractivity contribution in [1.29, 1.82) is 0 Å². The quantitative estimate of drug-likeness (QED) is 0.570. The number of rotatable bonds is 2. The van der Waals surface area contributed by atoms with Crippen molar-refractivity contribution in [3.05, 3.63) is 12.2 Å². The predicted molar refractivity (Wildman–Crippen MR) is 42.0 cm³/mol. The van der Waals surface area contributed by atoms with Crippen molar-refractivity contribution >= 4 is 0 Å². The number of aliphatic hydroxyl groups is 2. The third-order valence-corrected chi connectivity index (χ3v) is 3.26. The van der Waals surface area contributed by atoms with Gasteiger partial charge < -0.3 is 10.2 Å². The minimum atomic E-state index is -0.0561. The second-order valence-corrected chi connectivity index (χ2v) is 3.83. The first kappa shape index (κ1) is 7.32. The molecule has 11 heavy (non-hydrogen) atoms. The van der Waals surface area contributed by atoms with Gasteiger partial charge in [-0.15, -0.1) is 0 Å². The summed E-state index contributed by atoms with van der Waals surface area (Å²) in [4.78, 5) is 0. The topological polar surface area (TPSA) is 40.5 Å². The molecule has 62 valence electrons. The minimum absolute atomic E-state index is 0.0561. The first-order valence-electron chi connectivity index (χ1n) is 4.22. The molecule has 0 heterocycles. The van der Waals surface area contributed by atoms with Gasteiger partial charge in [0.25, 0.3) is 0 Å². The van der Waals surface area contributed by atoms with Crippen LogP contribution in [0.15, 0.2) is 12.2 Å². The molecule has 2 bridgehead atoms. The average Bonchev–Trinajstić information content (AvgIpc) is 2.60. The summed E-state index contributed by atoms with van der Waals surface area (Å²) in [5.41, 5.74) is -0.0561. The Morgan fingerprint density at radius 3 is 2.73 bits per heavy atom. The second-order valence-electron chi connectivity index (χ2n) is 3.83. The molecule has 0 saturated heterocycles. The smallest absolute Gasteiger partial charge is 0.0525 e. The van der Waals surface area contributed by atoms with Crippen molar-refractivity contribution in [2.24, 2.45) is 17.3 Å². The maximum Gasteiger partial charge on any atom is 0.0525 e. The normalized spacial score (nSPS) is 47.1. The molecule has 0 aromatic carbocycles. The van der Waals surface area contributed by atoms with Gasteiger partial charge in [-0.1, -0.05) is 12.2 Å². The zero-order chi connectivity index (χ0) is 7.90. The van der Waals surface area contributed by atoms with Gasteiger partial charge in [0.05, 0.1) is 6.61 Å². The number of hydrogen-bond donors (Lipinski definition) is 2. The lowest BCUT2D eigenvalue weighted by Crippen LogP contribution is -2.29. The lowest BCUT2D eigenvalue weighted by Gasteiger charge is -2.28. The summed E-state index contributed by atoms with van der Waals surface area (Å²) in [6.07, 6.45) is 6.40. The van der Waals surface area contributed by atoms with E-state index in [4.69, 9.17) is 5.11 Å². The molecule has 3 unspecified atom stereocenters. The van der Waals surface area contributed by atoms with E-state index in [9.17, 15) is 5.11 Å². The fourth-order valence-electron chi connectivity index (χ4n) is 2.52. The zero-order valence-corrected chi connectivity index (χ0v) is 6.53. The molecule has 2 heteroatoms. The Hall–Kier alpha value is -0.340. The van der Waals surface area contributed by atoms with E-state index in [-0.39, 0.29) is 18.6 Å². The fraction of sp³-hybridized carbons (Fsp3) is 0.778. The van der Waals surface area contributed by atoms with Crippen LogP contribution in [0.2, 0.25) is 0 Å². The Kier molecular flexibility index (Phi) is 1.55. The van der Waals surface area contributed by atoms with Gasteiger partial charge in [-0.3, -0.25) is 0 Å². The molecule has 0 spiro atoms. The standard InChI is InChI=1S/C9H14O2/c10-5-8-3-7-1-2-9(8,4-7)6-11/h1-2,7-8,10-11H,3-6H2. The zero-order valence-electron chi connectivity index (χ0n) is 6.53. The Morgan fingerprint density at radius 2 is 2.27 bits per heavy atom. The van der Waals surface area contributed by atoms with Gasteiger partial charge in [0.1, 0.15) is 0 Å². The summed E-state index contributed by atoms with van der Waals surface area (Å²) in [5.74, 6) is 0.932. The van der Waals surface area contributed by atoms with Gasteiger partial charge in [0.15, 0.2) is 0 Å². The van der Waals surface area contributed by atoms with Crippen LogP contribution < -0.4 is 0 Å². The summed E-state index contributed by atoms with van der Waals surface area (Å²) in [5, 5.41) is 18.2. The molecule has 3 atom stereocenters. The van der Waals surface area contributed by atoms with Crippen molar-refractivity contribution < 1.29 is 10.2 Å². The number of hydrogen-bond acceptors (Lipinski definition) is 2. The molecule has 1 saturated carbocycles.